The van der Waals surface area contributed by atoms with Crippen LogP contribution in [0.3, 0.4) is 0 Å². The third-order valence-corrected chi connectivity index (χ3v) is 4.50. The van der Waals surface area contributed by atoms with Gasteiger partial charge < -0.3 is 14.4 Å². The summed E-state index contributed by atoms with van der Waals surface area (Å²) in [6.45, 7) is 0.543. The smallest absolute Gasteiger partial charge is 0.165 e. The van der Waals surface area contributed by atoms with Crippen molar-refractivity contribution in [1.29, 1.82) is 0 Å². The number of ether oxygens (including phenoxy) is 2. The summed E-state index contributed by atoms with van der Waals surface area (Å²) in [6.07, 6.45) is -0.588. The quantitative estimate of drug-likeness (QED) is 0.785. The van der Waals surface area contributed by atoms with Gasteiger partial charge in [-0.3, -0.25) is 4.79 Å². The number of hydrogen-bond donors (Lipinski definition) is 0. The number of rotatable bonds is 5. The Labute approximate surface area is 155 Å². The first-order valence-corrected chi connectivity index (χ1v) is 8.52. The normalized spacial score (nSPS) is 17.5. The fraction of sp³-hybridized carbons (Fsp3) is 0.316. The number of carbonyl (C=O) groups excluding carboxylic acids is 1. The molecule has 1 aliphatic heterocycles. The van der Waals surface area contributed by atoms with Crippen molar-refractivity contribution in [2.75, 3.05) is 25.1 Å². The maximum absolute atomic E-state index is 14.1. The highest BCUT2D eigenvalue weighted by molar-refractivity contribution is 6.30. The van der Waals surface area contributed by atoms with Crippen molar-refractivity contribution in [2.24, 2.45) is 0 Å². The predicted octanol–water partition coefficient (Wildman–Crippen LogP) is 3.99. The molecular formula is C19H18ClF2NO3. The molecular weight excluding hydrogens is 364 g/mol. The second kappa shape index (κ2) is 8.01. The van der Waals surface area contributed by atoms with Crippen molar-refractivity contribution >= 4 is 23.1 Å². The molecule has 0 aliphatic carbocycles. The molecule has 0 saturated carbocycles. The first kappa shape index (κ1) is 18.6. The zero-order valence-electron chi connectivity index (χ0n) is 14.2. The zero-order chi connectivity index (χ0) is 18.7. The average Bonchev–Trinajstić information content (AvgIpc) is 2.61. The van der Waals surface area contributed by atoms with Crippen LogP contribution >= 0.6 is 11.6 Å². The van der Waals surface area contributed by atoms with Crippen LogP contribution in [0.15, 0.2) is 36.4 Å². The summed E-state index contributed by atoms with van der Waals surface area (Å²) in [4.78, 5) is 13.6. The summed E-state index contributed by atoms with van der Waals surface area (Å²) in [5.74, 6) is -0.858. The molecule has 0 aromatic heterocycles. The van der Waals surface area contributed by atoms with Gasteiger partial charge in [0.1, 0.15) is 17.5 Å². The number of benzene rings is 2. The summed E-state index contributed by atoms with van der Waals surface area (Å²) in [6, 6.07) is 9.39. The van der Waals surface area contributed by atoms with Gasteiger partial charge >= 0.3 is 0 Å². The molecule has 0 bridgehead atoms. The van der Waals surface area contributed by atoms with Gasteiger partial charge in [0.05, 0.1) is 20.3 Å². The third-order valence-electron chi connectivity index (χ3n) is 4.28. The number of halogens is 3. The van der Waals surface area contributed by atoms with E-state index in [2.05, 4.69) is 0 Å². The van der Waals surface area contributed by atoms with Crippen molar-refractivity contribution in [3.63, 3.8) is 0 Å². The minimum absolute atomic E-state index is 0.0101. The largest absolute Gasteiger partial charge is 0.497 e. The van der Waals surface area contributed by atoms with Gasteiger partial charge in [-0.2, -0.15) is 0 Å². The van der Waals surface area contributed by atoms with Crippen LogP contribution in [0.5, 0.6) is 5.75 Å². The van der Waals surface area contributed by atoms with E-state index >= 15 is 0 Å². The number of Topliss-reactive ketones (excluding diaryl/α,β-unsaturated/α-hetero) is 1. The van der Waals surface area contributed by atoms with E-state index in [0.717, 1.165) is 23.4 Å². The lowest BCUT2D eigenvalue weighted by molar-refractivity contribution is -0.132. The maximum atomic E-state index is 14.1. The maximum Gasteiger partial charge on any atom is 0.165 e. The van der Waals surface area contributed by atoms with Gasteiger partial charge in [-0.15, -0.1) is 0 Å². The Hall–Kier alpha value is -2.18. The summed E-state index contributed by atoms with van der Waals surface area (Å²) < 4.78 is 39.1. The highest BCUT2D eigenvalue weighted by atomic mass is 35.5. The van der Waals surface area contributed by atoms with Crippen LogP contribution in [-0.2, 0) is 16.1 Å². The SMILES string of the molecule is COc1ccc(COC2CN(c3c(F)cc(Cl)cc3F)CCC2=O)cc1. The van der Waals surface area contributed by atoms with Crippen molar-refractivity contribution in [3.8, 4) is 5.75 Å². The standard InChI is InChI=1S/C19H18ClF2NO3/c1-25-14-4-2-12(3-5-14)11-26-18-10-23(7-6-17(18)24)19-15(21)8-13(20)9-16(19)22/h2-5,8-9,18H,6-7,10-11H2,1H3. The van der Waals surface area contributed by atoms with E-state index in [4.69, 9.17) is 21.1 Å². The molecule has 1 atom stereocenters. The average molecular weight is 382 g/mol. The summed E-state index contributed by atoms with van der Waals surface area (Å²) in [5, 5.41) is -0.0101. The van der Waals surface area contributed by atoms with Crippen LogP contribution in [-0.4, -0.2) is 32.1 Å². The van der Waals surface area contributed by atoms with E-state index in [1.165, 1.54) is 4.90 Å². The van der Waals surface area contributed by atoms with Gasteiger partial charge in [-0.1, -0.05) is 23.7 Å². The van der Waals surface area contributed by atoms with E-state index in [1.807, 2.05) is 12.1 Å². The second-order valence-electron chi connectivity index (χ2n) is 6.03. The molecule has 0 amide bonds. The van der Waals surface area contributed by atoms with Crippen LogP contribution in [0.25, 0.3) is 0 Å². The van der Waals surface area contributed by atoms with Crippen LogP contribution in [0.4, 0.5) is 14.5 Å². The minimum Gasteiger partial charge on any atom is -0.497 e. The number of nitrogens with zero attached hydrogens (tertiary/aromatic N) is 1. The molecule has 1 heterocycles. The number of piperidine rings is 1. The summed E-state index contributed by atoms with van der Waals surface area (Å²) >= 11 is 5.67. The van der Waals surface area contributed by atoms with Crippen LogP contribution in [0.2, 0.25) is 5.02 Å². The van der Waals surface area contributed by atoms with Crippen LogP contribution in [0.1, 0.15) is 12.0 Å². The highest BCUT2D eigenvalue weighted by Gasteiger charge is 2.30. The van der Waals surface area contributed by atoms with E-state index in [-0.39, 0.29) is 42.6 Å². The molecule has 3 rings (SSSR count). The van der Waals surface area contributed by atoms with Crippen LogP contribution < -0.4 is 9.64 Å². The fourth-order valence-corrected chi connectivity index (χ4v) is 3.09. The Morgan fingerprint density at radius 2 is 1.85 bits per heavy atom. The van der Waals surface area contributed by atoms with Gasteiger partial charge in [0.25, 0.3) is 0 Å². The van der Waals surface area contributed by atoms with Crippen molar-refractivity contribution < 1.29 is 23.0 Å². The van der Waals surface area contributed by atoms with Gasteiger partial charge in [-0.25, -0.2) is 8.78 Å². The van der Waals surface area contributed by atoms with Gasteiger partial charge in [-0.05, 0) is 29.8 Å². The molecule has 4 nitrogen and oxygen atoms in total. The third kappa shape index (κ3) is 4.14. The first-order valence-electron chi connectivity index (χ1n) is 8.14. The molecule has 0 radical (unpaired) electrons. The molecule has 0 spiro atoms. The van der Waals surface area contributed by atoms with E-state index < -0.39 is 17.7 Å². The summed E-state index contributed by atoms with van der Waals surface area (Å²) in [7, 11) is 1.58. The number of carbonyl (C=O) groups is 1. The van der Waals surface area contributed by atoms with E-state index in [9.17, 15) is 13.6 Å². The van der Waals surface area contributed by atoms with Crippen LogP contribution in [0, 0.1) is 11.6 Å². The topological polar surface area (TPSA) is 38.8 Å². The Morgan fingerprint density at radius 3 is 2.46 bits per heavy atom. The first-order chi connectivity index (χ1) is 12.5. The van der Waals surface area contributed by atoms with Gasteiger partial charge in [0.2, 0.25) is 0 Å². The van der Waals surface area contributed by atoms with Crippen molar-refractivity contribution in [1.82, 2.24) is 0 Å². The highest BCUT2D eigenvalue weighted by Crippen LogP contribution is 2.29. The molecule has 1 unspecified atom stereocenters. The van der Waals surface area contributed by atoms with E-state index in [1.54, 1.807) is 19.2 Å². The minimum atomic E-state index is -0.752. The zero-order valence-corrected chi connectivity index (χ0v) is 14.9. The lowest BCUT2D eigenvalue weighted by atomic mass is 10.1. The molecule has 2 aromatic carbocycles. The molecule has 7 heteroatoms. The number of ketones is 1. The summed E-state index contributed by atoms with van der Waals surface area (Å²) in [5.41, 5.74) is 0.694. The van der Waals surface area contributed by atoms with Gasteiger partial charge in [0.15, 0.2) is 17.4 Å². The number of hydrogen-bond acceptors (Lipinski definition) is 4. The molecule has 26 heavy (non-hydrogen) atoms. The molecule has 138 valence electrons. The molecule has 0 N–H and O–H groups in total. The molecule has 1 saturated heterocycles. The Kier molecular flexibility index (Phi) is 5.74. The van der Waals surface area contributed by atoms with E-state index in [0.29, 0.717) is 0 Å². The Morgan fingerprint density at radius 1 is 1.19 bits per heavy atom. The van der Waals surface area contributed by atoms with Gasteiger partial charge in [0, 0.05) is 18.0 Å². The lowest BCUT2D eigenvalue weighted by Gasteiger charge is -2.33. The Balaban J connectivity index is 1.69. The molecule has 1 aliphatic rings. The molecule has 2 aromatic rings. The number of anilines is 1. The fourth-order valence-electron chi connectivity index (χ4n) is 2.90. The monoisotopic (exact) mass is 381 g/mol. The van der Waals surface area contributed by atoms with Crippen molar-refractivity contribution in [3.05, 3.63) is 58.6 Å². The predicted molar refractivity (Wildman–Crippen MR) is 94.8 cm³/mol. The Bertz CT molecular complexity index is 775. The second-order valence-corrected chi connectivity index (χ2v) is 6.46. The van der Waals surface area contributed by atoms with Crippen molar-refractivity contribution in [2.45, 2.75) is 19.1 Å². The number of methoxy groups -OCH3 is 1. The lowest BCUT2D eigenvalue weighted by Crippen LogP contribution is -2.46. The molecule has 1 fully saturated rings.